The molecule has 1 amide bonds. The zero-order chi connectivity index (χ0) is 19.7. The van der Waals surface area contributed by atoms with Crippen molar-refractivity contribution in [2.45, 2.75) is 38.3 Å². The smallest absolute Gasteiger partial charge is 0.259 e. The summed E-state index contributed by atoms with van der Waals surface area (Å²) in [5, 5.41) is 0.462. The van der Waals surface area contributed by atoms with E-state index in [2.05, 4.69) is 25.9 Å². The first-order valence-corrected chi connectivity index (χ1v) is 11.8. The second kappa shape index (κ2) is 8.46. The molecule has 5 nitrogen and oxygen atoms in total. The van der Waals surface area contributed by atoms with Gasteiger partial charge in [-0.05, 0) is 54.4 Å². The molecule has 1 N–H and O–H groups in total. The minimum Gasteiger partial charge on any atom is -0.340 e. The number of halogens is 1. The quantitative estimate of drug-likeness (QED) is 0.548. The van der Waals surface area contributed by atoms with E-state index >= 15 is 0 Å². The summed E-state index contributed by atoms with van der Waals surface area (Å²) in [6.45, 7) is 6.43. The van der Waals surface area contributed by atoms with Gasteiger partial charge in [-0.3, -0.25) is 9.59 Å². The van der Waals surface area contributed by atoms with Gasteiger partial charge in [-0.15, -0.1) is 34.4 Å². The summed E-state index contributed by atoms with van der Waals surface area (Å²) in [6, 6.07) is 4.01. The van der Waals surface area contributed by atoms with Gasteiger partial charge in [0.1, 0.15) is 10.7 Å². The summed E-state index contributed by atoms with van der Waals surface area (Å²) in [5.74, 6) is 1.17. The van der Waals surface area contributed by atoms with Gasteiger partial charge in [0.05, 0.1) is 26.7 Å². The Hall–Kier alpha value is -1.16. The third kappa shape index (κ3) is 4.64. The fraction of sp³-hybridized carbons (Fsp3) is 0.389. The predicted molar refractivity (Wildman–Crippen MR) is 119 cm³/mol. The van der Waals surface area contributed by atoms with E-state index in [0.29, 0.717) is 23.5 Å². The lowest BCUT2D eigenvalue weighted by atomic mass is 10.2. The van der Waals surface area contributed by atoms with Gasteiger partial charge in [0.25, 0.3) is 5.56 Å². The molecule has 144 valence electrons. The van der Waals surface area contributed by atoms with Gasteiger partial charge in [-0.25, -0.2) is 4.98 Å². The number of rotatable bonds is 6. The zero-order valence-electron chi connectivity index (χ0n) is 15.5. The highest BCUT2D eigenvalue weighted by Crippen LogP contribution is 2.27. The fourth-order valence-corrected chi connectivity index (χ4v) is 6.15. The molecule has 3 aromatic rings. The lowest BCUT2D eigenvalue weighted by Gasteiger charge is -2.20. The van der Waals surface area contributed by atoms with Crippen molar-refractivity contribution in [3.63, 3.8) is 0 Å². The number of amides is 1. The maximum atomic E-state index is 12.6. The van der Waals surface area contributed by atoms with Gasteiger partial charge < -0.3 is 9.88 Å². The summed E-state index contributed by atoms with van der Waals surface area (Å²) in [7, 11) is 1.82. The molecule has 27 heavy (non-hydrogen) atoms. The minimum atomic E-state index is -0.216. The molecule has 0 saturated carbocycles. The molecule has 1 atom stereocenters. The van der Waals surface area contributed by atoms with Gasteiger partial charge in [-0.1, -0.05) is 0 Å². The third-order valence-electron chi connectivity index (χ3n) is 4.30. The molecule has 0 aliphatic carbocycles. The second-order valence-electron chi connectivity index (χ2n) is 6.33. The highest BCUT2D eigenvalue weighted by atomic mass is 79.9. The largest absolute Gasteiger partial charge is 0.340 e. The van der Waals surface area contributed by atoms with Crippen LogP contribution in [0.5, 0.6) is 0 Å². The molecule has 9 heteroatoms. The standard InChI is InChI=1S/C18H20BrN3O2S3/c1-9-10(2)26-17-15(9)16(23)20-14(21-17)8-25-11(3)18(24)22(4)7-12-5-6-13(19)27-12/h5-6,11H,7-8H2,1-4H3,(H,20,21,23). The first-order chi connectivity index (χ1) is 12.8. The first kappa shape index (κ1) is 20.6. The Bertz CT molecular complexity index is 1040. The number of aryl methyl sites for hydroxylation is 2. The van der Waals surface area contributed by atoms with Crippen molar-refractivity contribution in [1.29, 1.82) is 0 Å². The number of aromatic amines is 1. The lowest BCUT2D eigenvalue weighted by molar-refractivity contribution is -0.129. The molecule has 0 aromatic carbocycles. The van der Waals surface area contributed by atoms with Gasteiger partial charge >= 0.3 is 0 Å². The van der Waals surface area contributed by atoms with Crippen molar-refractivity contribution < 1.29 is 4.79 Å². The zero-order valence-corrected chi connectivity index (χ0v) is 19.5. The fourth-order valence-electron chi connectivity index (χ4n) is 2.70. The van der Waals surface area contributed by atoms with Gasteiger partial charge in [0.2, 0.25) is 5.91 Å². The van der Waals surface area contributed by atoms with Crippen molar-refractivity contribution in [3.05, 3.63) is 47.4 Å². The third-order valence-corrected chi connectivity index (χ3v) is 8.16. The van der Waals surface area contributed by atoms with Crippen LogP contribution in [0.2, 0.25) is 0 Å². The number of nitrogens with one attached hydrogen (secondary N) is 1. The molecule has 0 bridgehead atoms. The first-order valence-electron chi connectivity index (χ1n) is 8.36. The van der Waals surface area contributed by atoms with E-state index in [9.17, 15) is 9.59 Å². The van der Waals surface area contributed by atoms with Crippen LogP contribution >= 0.6 is 50.4 Å². The Morgan fingerprint density at radius 2 is 2.11 bits per heavy atom. The number of thioether (sulfide) groups is 1. The molecule has 0 fully saturated rings. The Balaban J connectivity index is 1.64. The second-order valence-corrected chi connectivity index (χ2v) is 11.4. The summed E-state index contributed by atoms with van der Waals surface area (Å²) in [6.07, 6.45) is 0. The van der Waals surface area contributed by atoms with Gasteiger partial charge in [-0.2, -0.15) is 0 Å². The Kier molecular flexibility index (Phi) is 6.45. The molecule has 0 spiro atoms. The SMILES string of the molecule is Cc1sc2nc(CSC(C)C(=O)N(C)Cc3ccc(Br)s3)[nH]c(=O)c2c1C. The van der Waals surface area contributed by atoms with Crippen LogP contribution < -0.4 is 5.56 Å². The van der Waals surface area contributed by atoms with E-state index in [-0.39, 0.29) is 16.7 Å². The van der Waals surface area contributed by atoms with Crippen molar-refractivity contribution in [1.82, 2.24) is 14.9 Å². The molecular formula is C18H20BrN3O2S3. The van der Waals surface area contributed by atoms with Crippen LogP contribution in [0.1, 0.15) is 28.1 Å². The van der Waals surface area contributed by atoms with Crippen molar-refractivity contribution in [2.75, 3.05) is 7.05 Å². The maximum Gasteiger partial charge on any atom is 0.259 e. The Morgan fingerprint density at radius 3 is 2.78 bits per heavy atom. The summed E-state index contributed by atoms with van der Waals surface area (Å²) in [5.41, 5.74) is 0.894. The maximum absolute atomic E-state index is 12.6. The number of nitrogens with zero attached hydrogens (tertiary/aromatic N) is 2. The van der Waals surface area contributed by atoms with Crippen LogP contribution in [0.15, 0.2) is 20.7 Å². The van der Waals surface area contributed by atoms with Crippen LogP contribution in [0.25, 0.3) is 10.2 Å². The van der Waals surface area contributed by atoms with E-state index in [4.69, 9.17) is 0 Å². The number of H-pyrrole nitrogens is 1. The highest BCUT2D eigenvalue weighted by Gasteiger charge is 2.20. The van der Waals surface area contributed by atoms with E-state index in [1.807, 2.05) is 40.0 Å². The molecule has 0 saturated heterocycles. The van der Waals surface area contributed by atoms with Crippen LogP contribution in [0.3, 0.4) is 0 Å². The normalized spacial score (nSPS) is 12.5. The average molecular weight is 486 g/mol. The van der Waals surface area contributed by atoms with Crippen LogP contribution in [-0.4, -0.2) is 33.1 Å². The number of carbonyl (C=O) groups excluding carboxylic acids is 1. The van der Waals surface area contributed by atoms with E-state index < -0.39 is 0 Å². The molecule has 3 aromatic heterocycles. The molecule has 0 aliphatic rings. The summed E-state index contributed by atoms with van der Waals surface area (Å²) < 4.78 is 1.06. The molecule has 3 rings (SSSR count). The number of thiophene rings is 2. The minimum absolute atomic E-state index is 0.0655. The van der Waals surface area contributed by atoms with Crippen LogP contribution in [0, 0.1) is 13.8 Å². The number of aromatic nitrogens is 2. The van der Waals surface area contributed by atoms with Crippen molar-refractivity contribution >= 4 is 66.5 Å². The number of carbonyl (C=O) groups is 1. The number of fused-ring (bicyclic) bond motifs is 1. The monoisotopic (exact) mass is 485 g/mol. The van der Waals surface area contributed by atoms with E-state index in [1.54, 1.807) is 16.2 Å². The molecular weight excluding hydrogens is 466 g/mol. The molecule has 3 heterocycles. The van der Waals surface area contributed by atoms with E-state index in [0.717, 1.165) is 23.9 Å². The number of hydrogen-bond acceptors (Lipinski definition) is 6. The molecule has 0 aliphatic heterocycles. The van der Waals surface area contributed by atoms with Crippen LogP contribution in [0.4, 0.5) is 0 Å². The Morgan fingerprint density at radius 1 is 1.37 bits per heavy atom. The Labute approximate surface area is 178 Å². The molecule has 1 unspecified atom stereocenters. The van der Waals surface area contributed by atoms with Gasteiger partial charge in [0, 0.05) is 16.8 Å². The lowest BCUT2D eigenvalue weighted by Crippen LogP contribution is -2.32. The van der Waals surface area contributed by atoms with Crippen molar-refractivity contribution in [3.8, 4) is 0 Å². The van der Waals surface area contributed by atoms with Crippen LogP contribution in [-0.2, 0) is 17.1 Å². The predicted octanol–water partition coefficient (Wildman–Crippen LogP) is 4.71. The van der Waals surface area contributed by atoms with E-state index in [1.165, 1.54) is 23.1 Å². The van der Waals surface area contributed by atoms with Gasteiger partial charge in [0.15, 0.2) is 0 Å². The van der Waals surface area contributed by atoms with Crippen molar-refractivity contribution in [2.24, 2.45) is 0 Å². The number of hydrogen-bond donors (Lipinski definition) is 1. The highest BCUT2D eigenvalue weighted by molar-refractivity contribution is 9.11. The average Bonchev–Trinajstić information content (AvgIpc) is 3.15. The summed E-state index contributed by atoms with van der Waals surface area (Å²) >= 11 is 8.09. The molecule has 0 radical (unpaired) electrons. The summed E-state index contributed by atoms with van der Waals surface area (Å²) in [4.78, 5) is 37.1. The topological polar surface area (TPSA) is 66.1 Å².